The van der Waals surface area contributed by atoms with Crippen LogP contribution in [-0.2, 0) is 26.5 Å². The van der Waals surface area contributed by atoms with Gasteiger partial charge >= 0.3 is 0 Å². The van der Waals surface area contributed by atoms with Crippen LogP contribution in [-0.4, -0.2) is 9.78 Å². The fraction of sp³-hybridized carbons (Fsp3) is 0.333. The van der Waals surface area contributed by atoms with E-state index in [4.69, 9.17) is 10.00 Å². The van der Waals surface area contributed by atoms with Crippen LogP contribution in [0.15, 0.2) is 30.3 Å². The van der Waals surface area contributed by atoms with Crippen molar-refractivity contribution in [3.05, 3.63) is 47.3 Å². The van der Waals surface area contributed by atoms with E-state index in [1.54, 1.807) is 0 Å². The molecule has 0 aliphatic rings. The first-order chi connectivity index (χ1) is 9.22. The molecule has 4 nitrogen and oxygen atoms in total. The average molecular weight is 255 g/mol. The molecule has 0 N–H and O–H groups in total. The van der Waals surface area contributed by atoms with Crippen molar-refractivity contribution in [2.45, 2.75) is 26.4 Å². The van der Waals surface area contributed by atoms with E-state index in [0.717, 1.165) is 29.1 Å². The van der Waals surface area contributed by atoms with E-state index in [2.05, 4.69) is 24.2 Å². The van der Waals surface area contributed by atoms with Crippen molar-refractivity contribution in [3.8, 4) is 11.8 Å². The first-order valence-electron chi connectivity index (χ1n) is 6.33. The van der Waals surface area contributed by atoms with E-state index in [1.165, 1.54) is 0 Å². The summed E-state index contributed by atoms with van der Waals surface area (Å²) in [5.74, 6) is 0.806. The van der Waals surface area contributed by atoms with E-state index in [9.17, 15) is 0 Å². The van der Waals surface area contributed by atoms with Gasteiger partial charge in [0.25, 0.3) is 0 Å². The Kier molecular flexibility index (Phi) is 4.19. The van der Waals surface area contributed by atoms with Crippen molar-refractivity contribution in [1.82, 2.24) is 9.78 Å². The molecule has 0 unspecified atom stereocenters. The highest BCUT2D eigenvalue weighted by molar-refractivity contribution is 5.28. The fourth-order valence-corrected chi connectivity index (χ4v) is 1.83. The minimum Gasteiger partial charge on any atom is -0.487 e. The molecular weight excluding hydrogens is 238 g/mol. The Bertz CT molecular complexity index is 578. The van der Waals surface area contributed by atoms with Gasteiger partial charge in [-0.25, -0.2) is 0 Å². The summed E-state index contributed by atoms with van der Waals surface area (Å²) in [7, 11) is 1.92. The maximum atomic E-state index is 8.61. The van der Waals surface area contributed by atoms with E-state index in [1.807, 2.05) is 36.0 Å². The molecular formula is C15H17N3O. The Morgan fingerprint density at radius 3 is 2.63 bits per heavy atom. The molecule has 1 aromatic carbocycles. The van der Waals surface area contributed by atoms with Crippen LogP contribution in [0.4, 0.5) is 0 Å². The largest absolute Gasteiger partial charge is 0.487 e. The fourth-order valence-electron chi connectivity index (χ4n) is 1.83. The number of nitrogens with zero attached hydrogens (tertiary/aromatic N) is 3. The van der Waals surface area contributed by atoms with Crippen LogP contribution in [0.1, 0.15) is 23.9 Å². The van der Waals surface area contributed by atoms with Gasteiger partial charge in [0.2, 0.25) is 0 Å². The van der Waals surface area contributed by atoms with Gasteiger partial charge in [0, 0.05) is 7.05 Å². The zero-order chi connectivity index (χ0) is 13.7. The topological polar surface area (TPSA) is 50.8 Å². The predicted octanol–water partition coefficient (Wildman–Crippen LogP) is 2.63. The van der Waals surface area contributed by atoms with Crippen LogP contribution in [0.3, 0.4) is 0 Å². The Morgan fingerprint density at radius 2 is 2.05 bits per heavy atom. The van der Waals surface area contributed by atoms with Gasteiger partial charge in [-0.15, -0.1) is 0 Å². The van der Waals surface area contributed by atoms with E-state index in [-0.39, 0.29) is 0 Å². The molecule has 0 aliphatic heterocycles. The van der Waals surface area contributed by atoms with E-state index in [0.29, 0.717) is 13.0 Å². The van der Waals surface area contributed by atoms with Crippen LogP contribution >= 0.6 is 0 Å². The molecule has 0 aliphatic carbocycles. The Hall–Kier alpha value is -2.28. The maximum Gasteiger partial charge on any atom is 0.130 e. The van der Waals surface area contributed by atoms with Gasteiger partial charge in [-0.1, -0.05) is 19.1 Å². The number of hydrogen-bond donors (Lipinski definition) is 0. The van der Waals surface area contributed by atoms with E-state index < -0.39 is 0 Å². The maximum absolute atomic E-state index is 8.61. The molecule has 0 fully saturated rings. The molecule has 2 rings (SSSR count). The third kappa shape index (κ3) is 3.35. The van der Waals surface area contributed by atoms with Gasteiger partial charge < -0.3 is 4.74 Å². The molecule has 0 spiro atoms. The van der Waals surface area contributed by atoms with Gasteiger partial charge in [-0.3, -0.25) is 4.68 Å². The van der Waals surface area contributed by atoms with Gasteiger partial charge in [0.15, 0.2) is 0 Å². The molecule has 0 atom stereocenters. The lowest BCUT2D eigenvalue weighted by atomic mass is 10.2. The van der Waals surface area contributed by atoms with Crippen molar-refractivity contribution in [2.75, 3.05) is 0 Å². The molecule has 2 aromatic rings. The lowest BCUT2D eigenvalue weighted by Gasteiger charge is -2.06. The minimum absolute atomic E-state index is 0.432. The van der Waals surface area contributed by atoms with Crippen LogP contribution < -0.4 is 4.74 Å². The zero-order valence-electron chi connectivity index (χ0n) is 11.3. The van der Waals surface area contributed by atoms with Crippen LogP contribution in [0.25, 0.3) is 0 Å². The molecule has 0 amide bonds. The monoisotopic (exact) mass is 255 g/mol. The minimum atomic E-state index is 0.432. The van der Waals surface area contributed by atoms with Crippen molar-refractivity contribution >= 4 is 0 Å². The summed E-state index contributed by atoms with van der Waals surface area (Å²) >= 11 is 0. The van der Waals surface area contributed by atoms with Gasteiger partial charge in [0.05, 0.1) is 23.9 Å². The first-order valence-corrected chi connectivity index (χ1v) is 6.33. The smallest absolute Gasteiger partial charge is 0.130 e. The standard InChI is InChI=1S/C15H17N3O/c1-3-13-10-14(18(2)17-13)11-19-15-6-4-12(5-7-15)8-9-16/h4-7,10H,3,8,11H2,1-2H3. The second-order valence-corrected chi connectivity index (χ2v) is 4.37. The predicted molar refractivity (Wildman–Crippen MR) is 72.7 cm³/mol. The molecule has 19 heavy (non-hydrogen) atoms. The van der Waals surface area contributed by atoms with Crippen molar-refractivity contribution in [2.24, 2.45) is 7.05 Å². The summed E-state index contributed by atoms with van der Waals surface area (Å²) < 4.78 is 7.57. The van der Waals surface area contributed by atoms with Crippen molar-refractivity contribution in [3.63, 3.8) is 0 Å². The van der Waals surface area contributed by atoms with Gasteiger partial charge in [-0.05, 0) is 30.2 Å². The summed E-state index contributed by atoms with van der Waals surface area (Å²) in [4.78, 5) is 0. The first kappa shape index (κ1) is 13.2. The SMILES string of the molecule is CCc1cc(COc2ccc(CC#N)cc2)n(C)n1. The highest BCUT2D eigenvalue weighted by Crippen LogP contribution is 2.15. The zero-order valence-corrected chi connectivity index (χ0v) is 11.3. The van der Waals surface area contributed by atoms with Crippen LogP contribution in [0.2, 0.25) is 0 Å². The number of rotatable bonds is 5. The van der Waals surface area contributed by atoms with Crippen molar-refractivity contribution < 1.29 is 4.74 Å². The molecule has 0 saturated heterocycles. The number of aryl methyl sites for hydroxylation is 2. The quantitative estimate of drug-likeness (QED) is 0.825. The Balaban J connectivity index is 1.98. The Labute approximate surface area is 113 Å². The summed E-state index contributed by atoms with van der Waals surface area (Å²) in [6, 6.07) is 11.8. The summed E-state index contributed by atoms with van der Waals surface area (Å²) in [6.45, 7) is 2.59. The van der Waals surface area contributed by atoms with Crippen LogP contribution in [0, 0.1) is 11.3 Å². The molecule has 0 bridgehead atoms. The number of ether oxygens (including phenoxy) is 1. The summed E-state index contributed by atoms with van der Waals surface area (Å²) in [5, 5.41) is 13.0. The molecule has 1 aromatic heterocycles. The number of benzene rings is 1. The lowest BCUT2D eigenvalue weighted by Crippen LogP contribution is -2.03. The average Bonchev–Trinajstić information content (AvgIpc) is 2.79. The van der Waals surface area contributed by atoms with Crippen molar-refractivity contribution in [1.29, 1.82) is 5.26 Å². The third-order valence-electron chi connectivity index (χ3n) is 2.98. The molecule has 1 heterocycles. The Morgan fingerprint density at radius 1 is 1.32 bits per heavy atom. The molecule has 0 saturated carbocycles. The normalized spacial score (nSPS) is 10.2. The molecule has 4 heteroatoms. The van der Waals surface area contributed by atoms with Gasteiger partial charge in [0.1, 0.15) is 12.4 Å². The second-order valence-electron chi connectivity index (χ2n) is 4.37. The number of hydrogen-bond acceptors (Lipinski definition) is 3. The van der Waals surface area contributed by atoms with Gasteiger partial charge in [-0.2, -0.15) is 10.4 Å². The number of nitriles is 1. The number of aromatic nitrogens is 2. The van der Waals surface area contributed by atoms with Crippen LogP contribution in [0.5, 0.6) is 5.75 Å². The third-order valence-corrected chi connectivity index (χ3v) is 2.98. The second kappa shape index (κ2) is 6.05. The highest BCUT2D eigenvalue weighted by atomic mass is 16.5. The molecule has 0 radical (unpaired) electrons. The molecule has 98 valence electrons. The van der Waals surface area contributed by atoms with E-state index >= 15 is 0 Å². The summed E-state index contributed by atoms with van der Waals surface area (Å²) in [6.07, 6.45) is 1.36. The summed E-state index contributed by atoms with van der Waals surface area (Å²) in [5.41, 5.74) is 3.13. The lowest BCUT2D eigenvalue weighted by molar-refractivity contribution is 0.295. The highest BCUT2D eigenvalue weighted by Gasteiger charge is 2.04.